The highest BCUT2D eigenvalue weighted by atomic mass is 35.5. The van der Waals surface area contributed by atoms with E-state index in [4.69, 9.17) is 11.6 Å². The van der Waals surface area contributed by atoms with Crippen molar-refractivity contribution in [1.29, 1.82) is 0 Å². The summed E-state index contributed by atoms with van der Waals surface area (Å²) in [4.78, 5) is 12.0. The van der Waals surface area contributed by atoms with Gasteiger partial charge in [0.1, 0.15) is 0 Å². The smallest absolute Gasteiger partial charge is 0.320 e. The zero-order chi connectivity index (χ0) is 17.6. The molecule has 1 aromatic heterocycles. The number of benzene rings is 1. The minimum absolute atomic E-state index is 0.226. The lowest BCUT2D eigenvalue weighted by Crippen LogP contribution is -2.39. The van der Waals surface area contributed by atoms with Crippen LogP contribution in [0.1, 0.15) is 37.7 Å². The van der Waals surface area contributed by atoms with E-state index in [0.717, 1.165) is 24.1 Å². The van der Waals surface area contributed by atoms with Crippen molar-refractivity contribution in [3.8, 4) is 0 Å². The largest absolute Gasteiger partial charge is 0.339 e. The lowest BCUT2D eigenvalue weighted by molar-refractivity contribution is 0.244. The van der Waals surface area contributed by atoms with E-state index in [1.807, 2.05) is 25.1 Å². The molecule has 1 saturated carbocycles. The molecule has 0 radical (unpaired) electrons. The third-order valence-electron chi connectivity index (χ3n) is 4.30. The first-order chi connectivity index (χ1) is 12.1. The number of carbonyl (C=O) groups excluding carboxylic acids is 1. The van der Waals surface area contributed by atoms with Gasteiger partial charge in [0.15, 0.2) is 11.6 Å². The summed E-state index contributed by atoms with van der Waals surface area (Å²) in [5.74, 6) is 1.02. The van der Waals surface area contributed by atoms with E-state index in [1.165, 1.54) is 19.3 Å². The average molecular weight is 360 g/mol. The predicted octanol–water partition coefficient (Wildman–Crippen LogP) is 4.64. The number of hydrogen-bond donors (Lipinski definition) is 3. The quantitative estimate of drug-likeness (QED) is 0.743. The zero-order valence-corrected chi connectivity index (χ0v) is 14.9. The summed E-state index contributed by atoms with van der Waals surface area (Å²) in [5, 5.41) is 17.7. The number of anilines is 3. The first kappa shape index (κ1) is 17.5. The van der Waals surface area contributed by atoms with Crippen LogP contribution in [-0.4, -0.2) is 22.3 Å². The zero-order valence-electron chi connectivity index (χ0n) is 14.2. The van der Waals surface area contributed by atoms with E-state index >= 15 is 0 Å². The molecule has 1 aliphatic rings. The van der Waals surface area contributed by atoms with Gasteiger partial charge in [-0.1, -0.05) is 30.9 Å². The maximum atomic E-state index is 12.0. The molecular weight excluding hydrogens is 338 g/mol. The lowest BCUT2D eigenvalue weighted by Gasteiger charge is -2.22. The molecule has 0 unspecified atom stereocenters. The van der Waals surface area contributed by atoms with Gasteiger partial charge in [-0.3, -0.25) is 5.32 Å². The fraction of sp³-hybridized carbons (Fsp3) is 0.389. The Bertz CT molecular complexity index is 729. The third-order valence-corrected chi connectivity index (χ3v) is 4.53. The van der Waals surface area contributed by atoms with Crippen molar-refractivity contribution in [2.24, 2.45) is 0 Å². The Morgan fingerprint density at radius 2 is 1.80 bits per heavy atom. The number of nitrogens with zero attached hydrogens (tertiary/aromatic N) is 2. The van der Waals surface area contributed by atoms with Crippen LogP contribution in [0.15, 0.2) is 30.3 Å². The molecule has 0 atom stereocenters. The van der Waals surface area contributed by atoms with Gasteiger partial charge in [-0.2, -0.15) is 0 Å². The highest BCUT2D eigenvalue weighted by Crippen LogP contribution is 2.22. The van der Waals surface area contributed by atoms with E-state index in [9.17, 15) is 4.79 Å². The molecule has 1 aromatic carbocycles. The summed E-state index contributed by atoms with van der Waals surface area (Å²) in [6, 6.07) is 9.12. The van der Waals surface area contributed by atoms with Gasteiger partial charge in [-0.15, -0.1) is 10.2 Å². The fourth-order valence-corrected chi connectivity index (χ4v) is 3.18. The summed E-state index contributed by atoms with van der Waals surface area (Å²) in [5.41, 5.74) is 1.93. The molecule has 0 bridgehead atoms. The SMILES string of the molecule is Cc1cc(Cl)ccc1Nc1ccc(NC(=O)NC2CCCCC2)nn1. The first-order valence-corrected chi connectivity index (χ1v) is 8.92. The van der Waals surface area contributed by atoms with Crippen LogP contribution < -0.4 is 16.0 Å². The highest BCUT2D eigenvalue weighted by molar-refractivity contribution is 6.30. The number of aryl methyl sites for hydroxylation is 1. The number of nitrogens with one attached hydrogen (secondary N) is 3. The lowest BCUT2D eigenvalue weighted by atomic mass is 9.96. The second kappa shape index (κ2) is 8.16. The highest BCUT2D eigenvalue weighted by Gasteiger charge is 2.15. The standard InChI is InChI=1S/C18H22ClN5O/c1-12-11-13(19)7-8-15(12)21-16-9-10-17(24-23-16)22-18(25)20-14-5-3-2-4-6-14/h7-11,14H,2-6H2,1H3,(H,21,23)(H2,20,22,24,25). The molecule has 6 nitrogen and oxygen atoms in total. The molecule has 7 heteroatoms. The van der Waals surface area contributed by atoms with Gasteiger partial charge >= 0.3 is 6.03 Å². The van der Waals surface area contributed by atoms with Crippen LogP contribution >= 0.6 is 11.6 Å². The number of aromatic nitrogens is 2. The summed E-state index contributed by atoms with van der Waals surface area (Å²) in [7, 11) is 0. The van der Waals surface area contributed by atoms with Gasteiger partial charge < -0.3 is 10.6 Å². The van der Waals surface area contributed by atoms with Crippen molar-refractivity contribution >= 4 is 35.0 Å². The van der Waals surface area contributed by atoms with E-state index < -0.39 is 0 Å². The van der Waals surface area contributed by atoms with Crippen LogP contribution in [0.4, 0.5) is 22.1 Å². The molecule has 2 amide bonds. The predicted molar refractivity (Wildman–Crippen MR) is 101 cm³/mol. The molecule has 0 saturated heterocycles. The number of hydrogen-bond acceptors (Lipinski definition) is 4. The van der Waals surface area contributed by atoms with Crippen molar-refractivity contribution < 1.29 is 4.79 Å². The van der Waals surface area contributed by atoms with Crippen molar-refractivity contribution in [3.63, 3.8) is 0 Å². The Morgan fingerprint density at radius 3 is 2.48 bits per heavy atom. The number of amides is 2. The second-order valence-electron chi connectivity index (χ2n) is 6.32. The molecular formula is C18H22ClN5O. The van der Waals surface area contributed by atoms with E-state index in [1.54, 1.807) is 12.1 Å². The van der Waals surface area contributed by atoms with Crippen molar-refractivity contribution in [3.05, 3.63) is 40.9 Å². The maximum absolute atomic E-state index is 12.0. The minimum Gasteiger partial charge on any atom is -0.339 e. The van der Waals surface area contributed by atoms with Crippen LogP contribution in [0.2, 0.25) is 5.02 Å². The summed E-state index contributed by atoms with van der Waals surface area (Å²) in [6.45, 7) is 1.97. The Morgan fingerprint density at radius 1 is 1.08 bits per heavy atom. The molecule has 3 rings (SSSR count). The van der Waals surface area contributed by atoms with Crippen molar-refractivity contribution in [2.45, 2.75) is 45.1 Å². The summed E-state index contributed by atoms with van der Waals surface area (Å²) >= 11 is 5.96. The van der Waals surface area contributed by atoms with Gasteiger partial charge in [0.25, 0.3) is 0 Å². The Labute approximate surface area is 152 Å². The molecule has 1 heterocycles. The Balaban J connectivity index is 1.55. The van der Waals surface area contributed by atoms with Gasteiger partial charge in [-0.25, -0.2) is 4.79 Å². The molecule has 3 N–H and O–H groups in total. The van der Waals surface area contributed by atoms with Crippen molar-refractivity contribution in [1.82, 2.24) is 15.5 Å². The van der Waals surface area contributed by atoms with Gasteiger partial charge in [-0.05, 0) is 55.7 Å². The van der Waals surface area contributed by atoms with Crippen LogP contribution in [0, 0.1) is 6.92 Å². The molecule has 0 aliphatic heterocycles. The second-order valence-corrected chi connectivity index (χ2v) is 6.76. The van der Waals surface area contributed by atoms with Crippen LogP contribution in [-0.2, 0) is 0 Å². The fourth-order valence-electron chi connectivity index (χ4n) is 2.96. The minimum atomic E-state index is -0.226. The summed E-state index contributed by atoms with van der Waals surface area (Å²) < 4.78 is 0. The van der Waals surface area contributed by atoms with Crippen LogP contribution in [0.5, 0.6) is 0 Å². The van der Waals surface area contributed by atoms with E-state index in [-0.39, 0.29) is 12.1 Å². The van der Waals surface area contributed by atoms with Gasteiger partial charge in [0, 0.05) is 16.8 Å². The molecule has 1 aliphatic carbocycles. The number of carbonyl (C=O) groups is 1. The van der Waals surface area contributed by atoms with E-state index in [2.05, 4.69) is 26.1 Å². The number of rotatable bonds is 4. The molecule has 132 valence electrons. The topological polar surface area (TPSA) is 78.9 Å². The maximum Gasteiger partial charge on any atom is 0.320 e. The van der Waals surface area contributed by atoms with Gasteiger partial charge in [0.2, 0.25) is 0 Å². The molecule has 2 aromatic rings. The van der Waals surface area contributed by atoms with Gasteiger partial charge in [0.05, 0.1) is 0 Å². The monoisotopic (exact) mass is 359 g/mol. The van der Waals surface area contributed by atoms with Crippen molar-refractivity contribution in [2.75, 3.05) is 10.6 Å². The third kappa shape index (κ3) is 5.06. The Kier molecular flexibility index (Phi) is 5.71. The normalized spacial score (nSPS) is 14.8. The molecule has 1 fully saturated rings. The van der Waals surface area contributed by atoms with E-state index in [0.29, 0.717) is 16.7 Å². The number of urea groups is 1. The van der Waals surface area contributed by atoms with Crippen LogP contribution in [0.25, 0.3) is 0 Å². The molecule has 0 spiro atoms. The Hall–Kier alpha value is -2.34. The molecule has 25 heavy (non-hydrogen) atoms. The average Bonchev–Trinajstić information content (AvgIpc) is 2.60. The first-order valence-electron chi connectivity index (χ1n) is 8.54. The number of halogens is 1. The van der Waals surface area contributed by atoms with Crippen LogP contribution in [0.3, 0.4) is 0 Å². The summed E-state index contributed by atoms with van der Waals surface area (Å²) in [6.07, 6.45) is 5.70.